The number of rotatable bonds is 7. The molecule has 2 atom stereocenters. The molecule has 6 nitrogen and oxygen atoms in total. The number of hydrogen-bond acceptors (Lipinski definition) is 4. The van der Waals surface area contributed by atoms with Gasteiger partial charge in [-0.05, 0) is 62.6 Å². The Balaban J connectivity index is 1.93. The van der Waals surface area contributed by atoms with Gasteiger partial charge in [-0.15, -0.1) is 0 Å². The molecular weight excluding hydrogens is 462 g/mol. The summed E-state index contributed by atoms with van der Waals surface area (Å²) in [5.41, 5.74) is 3.29. The SMILES string of the molecule is CCOc1ccc([C@@H]2CC=C(C(=O)O)[C@H](c3cccc(C)c3)N2S(=O)(=O)c2ccc(C)cc2)cc1. The third kappa shape index (κ3) is 5.01. The first kappa shape index (κ1) is 24.7. The number of aryl methyl sites for hydroxylation is 2. The van der Waals surface area contributed by atoms with Crippen LogP contribution in [0.3, 0.4) is 0 Å². The van der Waals surface area contributed by atoms with Crippen molar-refractivity contribution in [3.63, 3.8) is 0 Å². The van der Waals surface area contributed by atoms with Crippen molar-refractivity contribution in [3.8, 4) is 5.75 Å². The zero-order valence-corrected chi connectivity index (χ0v) is 20.8. The lowest BCUT2D eigenvalue weighted by Crippen LogP contribution is -2.42. The van der Waals surface area contributed by atoms with Gasteiger partial charge in [0.25, 0.3) is 0 Å². The predicted molar refractivity (Wildman–Crippen MR) is 135 cm³/mol. The Hall–Kier alpha value is -3.42. The van der Waals surface area contributed by atoms with Crippen LogP contribution in [-0.2, 0) is 14.8 Å². The zero-order chi connectivity index (χ0) is 25.2. The molecule has 35 heavy (non-hydrogen) atoms. The van der Waals surface area contributed by atoms with Crippen molar-refractivity contribution in [2.24, 2.45) is 0 Å². The lowest BCUT2D eigenvalue weighted by Gasteiger charge is -2.40. The molecule has 7 heteroatoms. The summed E-state index contributed by atoms with van der Waals surface area (Å²) in [6.45, 7) is 6.21. The average molecular weight is 492 g/mol. The highest BCUT2D eigenvalue weighted by molar-refractivity contribution is 7.89. The van der Waals surface area contributed by atoms with Crippen LogP contribution in [0, 0.1) is 13.8 Å². The molecule has 0 aromatic heterocycles. The molecule has 0 radical (unpaired) electrons. The average Bonchev–Trinajstić information content (AvgIpc) is 2.84. The van der Waals surface area contributed by atoms with Crippen LogP contribution in [0.4, 0.5) is 0 Å². The number of ether oxygens (including phenoxy) is 1. The first-order valence-corrected chi connectivity index (χ1v) is 13.0. The van der Waals surface area contributed by atoms with Gasteiger partial charge in [0, 0.05) is 0 Å². The summed E-state index contributed by atoms with van der Waals surface area (Å²) in [4.78, 5) is 12.5. The lowest BCUT2D eigenvalue weighted by molar-refractivity contribution is -0.133. The summed E-state index contributed by atoms with van der Waals surface area (Å²) in [5, 5.41) is 10.1. The minimum Gasteiger partial charge on any atom is -0.494 e. The second-order valence-corrected chi connectivity index (χ2v) is 10.5. The largest absolute Gasteiger partial charge is 0.494 e. The Morgan fingerprint density at radius 3 is 2.26 bits per heavy atom. The number of carbonyl (C=O) groups is 1. The molecule has 1 aliphatic rings. The highest BCUT2D eigenvalue weighted by Crippen LogP contribution is 2.46. The van der Waals surface area contributed by atoms with Crippen molar-refractivity contribution in [2.75, 3.05) is 6.61 Å². The van der Waals surface area contributed by atoms with Crippen molar-refractivity contribution in [3.05, 3.63) is 107 Å². The first-order chi connectivity index (χ1) is 16.7. The Kier molecular flexibility index (Phi) is 7.10. The Morgan fingerprint density at radius 2 is 1.66 bits per heavy atom. The number of benzene rings is 3. The van der Waals surface area contributed by atoms with E-state index in [2.05, 4.69) is 0 Å². The molecule has 0 amide bonds. The van der Waals surface area contributed by atoms with Gasteiger partial charge in [0.2, 0.25) is 10.0 Å². The maximum absolute atomic E-state index is 14.2. The van der Waals surface area contributed by atoms with E-state index in [0.717, 1.165) is 16.7 Å². The fourth-order valence-corrected chi connectivity index (χ4v) is 6.30. The van der Waals surface area contributed by atoms with E-state index in [-0.39, 0.29) is 16.9 Å². The molecule has 1 N–H and O–H groups in total. The van der Waals surface area contributed by atoms with E-state index in [1.165, 1.54) is 4.31 Å². The minimum absolute atomic E-state index is 0.0495. The van der Waals surface area contributed by atoms with Gasteiger partial charge in [0.15, 0.2) is 0 Å². The molecular formula is C28H29NO5S. The highest BCUT2D eigenvalue weighted by atomic mass is 32.2. The van der Waals surface area contributed by atoms with Crippen molar-refractivity contribution >= 4 is 16.0 Å². The summed E-state index contributed by atoms with van der Waals surface area (Å²) in [5.74, 6) is -0.442. The molecule has 1 heterocycles. The van der Waals surface area contributed by atoms with Crippen LogP contribution in [0.2, 0.25) is 0 Å². The normalized spacial score (nSPS) is 18.7. The number of nitrogens with zero attached hydrogens (tertiary/aromatic N) is 1. The third-order valence-electron chi connectivity index (χ3n) is 6.19. The van der Waals surface area contributed by atoms with Crippen LogP contribution in [0.5, 0.6) is 5.75 Å². The van der Waals surface area contributed by atoms with Gasteiger partial charge in [-0.2, -0.15) is 4.31 Å². The number of aliphatic carboxylic acids is 1. The van der Waals surface area contributed by atoms with Crippen LogP contribution in [0.1, 0.15) is 47.7 Å². The van der Waals surface area contributed by atoms with E-state index in [4.69, 9.17) is 4.74 Å². The van der Waals surface area contributed by atoms with Crippen LogP contribution in [-0.4, -0.2) is 30.4 Å². The summed E-state index contributed by atoms with van der Waals surface area (Å²) in [6.07, 6.45) is 1.89. The fourth-order valence-electron chi connectivity index (χ4n) is 4.52. The van der Waals surface area contributed by atoms with Gasteiger partial charge in [0.05, 0.1) is 29.2 Å². The first-order valence-electron chi connectivity index (χ1n) is 11.5. The Labute approximate surface area is 206 Å². The topological polar surface area (TPSA) is 83.9 Å². The van der Waals surface area contributed by atoms with Crippen molar-refractivity contribution < 1.29 is 23.1 Å². The van der Waals surface area contributed by atoms with E-state index >= 15 is 0 Å². The number of carboxylic acid groups (broad SMARTS) is 1. The number of sulfonamides is 1. The van der Waals surface area contributed by atoms with E-state index in [9.17, 15) is 18.3 Å². The van der Waals surface area contributed by atoms with E-state index in [0.29, 0.717) is 17.9 Å². The molecule has 182 valence electrons. The molecule has 1 aliphatic heterocycles. The smallest absolute Gasteiger partial charge is 0.333 e. The van der Waals surface area contributed by atoms with Crippen molar-refractivity contribution in [1.29, 1.82) is 0 Å². The lowest BCUT2D eigenvalue weighted by atomic mass is 9.89. The second kappa shape index (κ2) is 10.1. The molecule has 0 spiro atoms. The van der Waals surface area contributed by atoms with Crippen LogP contribution in [0.25, 0.3) is 0 Å². The molecule has 4 rings (SSSR count). The van der Waals surface area contributed by atoms with E-state index in [1.807, 2.05) is 63.2 Å². The number of hydrogen-bond donors (Lipinski definition) is 1. The van der Waals surface area contributed by atoms with Gasteiger partial charge in [0.1, 0.15) is 5.75 Å². The fraction of sp³-hybridized carbons (Fsp3) is 0.250. The van der Waals surface area contributed by atoms with E-state index in [1.54, 1.807) is 36.4 Å². The van der Waals surface area contributed by atoms with Crippen LogP contribution < -0.4 is 4.74 Å². The van der Waals surface area contributed by atoms with Crippen molar-refractivity contribution in [2.45, 2.75) is 44.2 Å². The van der Waals surface area contributed by atoms with Gasteiger partial charge < -0.3 is 9.84 Å². The molecule has 0 saturated heterocycles. The second-order valence-electron chi connectivity index (χ2n) is 8.68. The molecule has 0 fully saturated rings. The zero-order valence-electron chi connectivity index (χ0n) is 20.0. The molecule has 0 saturated carbocycles. The minimum atomic E-state index is -4.08. The van der Waals surface area contributed by atoms with Gasteiger partial charge in [-0.3, -0.25) is 0 Å². The standard InChI is InChI=1S/C28H29NO5S/c1-4-34-23-12-10-21(11-13-23)26-17-16-25(28(30)31)27(22-7-5-6-20(3)18-22)29(26)35(32,33)24-14-8-19(2)9-15-24/h5-16,18,26-27H,4,17H2,1-3H3,(H,30,31)/t26-,27-/m0/s1. The van der Waals surface area contributed by atoms with E-state index < -0.39 is 28.1 Å². The maximum Gasteiger partial charge on any atom is 0.333 e. The van der Waals surface area contributed by atoms with Gasteiger partial charge >= 0.3 is 5.97 Å². The Bertz CT molecular complexity index is 1340. The predicted octanol–water partition coefficient (Wildman–Crippen LogP) is 5.59. The van der Waals surface area contributed by atoms with Gasteiger partial charge in [-0.25, -0.2) is 13.2 Å². The summed E-state index contributed by atoms with van der Waals surface area (Å²) >= 11 is 0. The molecule has 0 aliphatic carbocycles. The monoisotopic (exact) mass is 491 g/mol. The Morgan fingerprint density at radius 1 is 0.971 bits per heavy atom. The molecule has 3 aromatic rings. The highest BCUT2D eigenvalue weighted by Gasteiger charge is 2.44. The number of carboxylic acids is 1. The summed E-state index contributed by atoms with van der Waals surface area (Å²) < 4.78 is 35.3. The van der Waals surface area contributed by atoms with Crippen LogP contribution in [0.15, 0.2) is 89.3 Å². The molecule has 3 aromatic carbocycles. The third-order valence-corrected chi connectivity index (χ3v) is 8.08. The van der Waals surface area contributed by atoms with Crippen molar-refractivity contribution in [1.82, 2.24) is 4.31 Å². The molecule has 0 unspecified atom stereocenters. The van der Waals surface area contributed by atoms with Gasteiger partial charge in [-0.1, -0.05) is 65.7 Å². The maximum atomic E-state index is 14.2. The van der Waals surface area contributed by atoms with Crippen LogP contribution >= 0.6 is 0 Å². The molecule has 0 bridgehead atoms. The quantitative estimate of drug-likeness (QED) is 0.466. The summed E-state index contributed by atoms with van der Waals surface area (Å²) in [7, 11) is -4.08. The summed E-state index contributed by atoms with van der Waals surface area (Å²) in [6, 6.07) is 19.7.